The summed E-state index contributed by atoms with van der Waals surface area (Å²) < 4.78 is 12.3. The molecule has 2 aromatic carbocycles. The van der Waals surface area contributed by atoms with Crippen LogP contribution in [0.3, 0.4) is 0 Å². The first-order valence-electron chi connectivity index (χ1n) is 8.30. The average molecular weight is 386 g/mol. The van der Waals surface area contributed by atoms with Crippen molar-refractivity contribution in [2.75, 3.05) is 19.5 Å². The van der Waals surface area contributed by atoms with Gasteiger partial charge in [-0.2, -0.15) is 5.10 Å². The van der Waals surface area contributed by atoms with E-state index in [1.165, 1.54) is 14.2 Å². The number of anilines is 1. The van der Waals surface area contributed by atoms with E-state index in [-0.39, 0.29) is 5.91 Å². The van der Waals surface area contributed by atoms with Crippen molar-refractivity contribution >= 4 is 23.2 Å². The Kier molecular flexibility index (Phi) is 5.37. The fourth-order valence-electron chi connectivity index (χ4n) is 2.88. The predicted molar refractivity (Wildman–Crippen MR) is 106 cm³/mol. The van der Waals surface area contributed by atoms with Crippen LogP contribution in [0.25, 0.3) is 5.69 Å². The number of nitrogens with one attached hydrogen (secondary N) is 1. The van der Waals surface area contributed by atoms with Crippen LogP contribution in [-0.2, 0) is 0 Å². The lowest BCUT2D eigenvalue weighted by Crippen LogP contribution is -2.13. The Morgan fingerprint density at radius 1 is 1.11 bits per heavy atom. The minimum atomic E-state index is -0.309. The topological polar surface area (TPSA) is 65.4 Å². The molecule has 0 fully saturated rings. The van der Waals surface area contributed by atoms with Crippen LogP contribution in [0.1, 0.15) is 21.7 Å². The van der Waals surface area contributed by atoms with Crippen molar-refractivity contribution < 1.29 is 14.3 Å². The molecule has 0 bridgehead atoms. The molecule has 0 saturated carbocycles. The molecule has 1 N–H and O–H groups in total. The number of para-hydroxylation sites is 1. The van der Waals surface area contributed by atoms with Crippen LogP contribution in [0.4, 0.5) is 5.69 Å². The third kappa shape index (κ3) is 3.61. The van der Waals surface area contributed by atoms with Crippen molar-refractivity contribution in [2.24, 2.45) is 0 Å². The molecule has 0 aliphatic rings. The summed E-state index contributed by atoms with van der Waals surface area (Å²) in [7, 11) is 2.99. The second kappa shape index (κ2) is 7.72. The maximum atomic E-state index is 12.8. The molecule has 0 radical (unpaired) electrons. The van der Waals surface area contributed by atoms with Gasteiger partial charge in [0.25, 0.3) is 5.91 Å². The third-order valence-electron chi connectivity index (χ3n) is 4.23. The van der Waals surface area contributed by atoms with Gasteiger partial charge in [-0.05, 0) is 38.1 Å². The number of rotatable bonds is 5. The van der Waals surface area contributed by atoms with Crippen LogP contribution in [0.2, 0.25) is 5.02 Å². The number of methoxy groups -OCH3 is 2. The van der Waals surface area contributed by atoms with Crippen molar-refractivity contribution in [1.29, 1.82) is 0 Å². The first-order chi connectivity index (χ1) is 13.0. The fraction of sp³-hybridized carbons (Fsp3) is 0.200. The van der Waals surface area contributed by atoms with Gasteiger partial charge in [0.15, 0.2) is 11.5 Å². The quantitative estimate of drug-likeness (QED) is 0.706. The Hall–Kier alpha value is -2.99. The molecular formula is C20H20ClN3O3. The number of nitrogens with zero attached hydrogens (tertiary/aromatic N) is 2. The van der Waals surface area contributed by atoms with Gasteiger partial charge in [-0.1, -0.05) is 29.8 Å². The van der Waals surface area contributed by atoms with Crippen LogP contribution in [0.15, 0.2) is 42.5 Å². The van der Waals surface area contributed by atoms with Crippen molar-refractivity contribution in [3.8, 4) is 17.2 Å². The normalized spacial score (nSPS) is 10.6. The zero-order valence-corrected chi connectivity index (χ0v) is 16.3. The highest BCUT2D eigenvalue weighted by atomic mass is 35.5. The molecule has 1 heterocycles. The van der Waals surface area contributed by atoms with Gasteiger partial charge in [0.05, 0.1) is 42.0 Å². The number of hydrogen-bond acceptors (Lipinski definition) is 4. The van der Waals surface area contributed by atoms with Crippen LogP contribution in [0, 0.1) is 13.8 Å². The van der Waals surface area contributed by atoms with Gasteiger partial charge in [0.2, 0.25) is 0 Å². The average Bonchev–Trinajstić information content (AvgIpc) is 2.96. The second-order valence-corrected chi connectivity index (χ2v) is 6.35. The molecule has 3 rings (SSSR count). The van der Waals surface area contributed by atoms with E-state index in [1.54, 1.807) is 16.8 Å². The van der Waals surface area contributed by atoms with E-state index < -0.39 is 0 Å². The van der Waals surface area contributed by atoms with E-state index in [4.69, 9.17) is 21.1 Å². The summed E-state index contributed by atoms with van der Waals surface area (Å²) in [5.41, 5.74) is 3.50. The van der Waals surface area contributed by atoms with E-state index in [9.17, 15) is 4.79 Å². The fourth-order valence-corrected chi connectivity index (χ4v) is 3.17. The summed E-state index contributed by atoms with van der Waals surface area (Å²) in [5.74, 6) is 0.472. The molecule has 0 saturated heterocycles. The number of aryl methyl sites for hydroxylation is 1. The molecule has 140 valence electrons. The van der Waals surface area contributed by atoms with Crippen LogP contribution in [0.5, 0.6) is 11.5 Å². The van der Waals surface area contributed by atoms with E-state index in [0.29, 0.717) is 27.8 Å². The lowest BCUT2D eigenvalue weighted by Gasteiger charge is -2.12. The summed E-state index contributed by atoms with van der Waals surface area (Å²) in [6, 6.07) is 12.9. The maximum Gasteiger partial charge on any atom is 0.255 e. The smallest absolute Gasteiger partial charge is 0.255 e. The zero-order valence-electron chi connectivity index (χ0n) is 15.5. The van der Waals surface area contributed by atoms with Crippen molar-refractivity contribution in [2.45, 2.75) is 13.8 Å². The Labute approximate surface area is 162 Å². The van der Waals surface area contributed by atoms with Gasteiger partial charge in [-0.3, -0.25) is 4.79 Å². The predicted octanol–water partition coefficient (Wildman–Crippen LogP) is 4.41. The van der Waals surface area contributed by atoms with Crippen LogP contribution in [-0.4, -0.2) is 29.9 Å². The van der Waals surface area contributed by atoms with Gasteiger partial charge < -0.3 is 14.8 Å². The number of benzene rings is 2. The number of carbonyl (C=O) groups excluding carboxylic acids is 1. The number of aromatic nitrogens is 2. The summed E-state index contributed by atoms with van der Waals surface area (Å²) in [6.07, 6.45) is 0. The molecule has 7 heteroatoms. The second-order valence-electron chi connectivity index (χ2n) is 5.94. The molecule has 6 nitrogen and oxygen atoms in total. The molecule has 0 spiro atoms. The number of hydrogen-bond donors (Lipinski definition) is 1. The van der Waals surface area contributed by atoms with Gasteiger partial charge in [-0.25, -0.2) is 4.68 Å². The Balaban J connectivity index is 1.93. The molecule has 27 heavy (non-hydrogen) atoms. The third-order valence-corrected chi connectivity index (χ3v) is 4.51. The Bertz CT molecular complexity index is 984. The minimum absolute atomic E-state index is 0.301. The van der Waals surface area contributed by atoms with E-state index in [1.807, 2.05) is 44.2 Å². The lowest BCUT2D eigenvalue weighted by molar-refractivity contribution is 0.102. The van der Waals surface area contributed by atoms with E-state index in [2.05, 4.69) is 10.4 Å². The first kappa shape index (κ1) is 18.8. The molecule has 0 aliphatic heterocycles. The standard InChI is InChI=1S/C20H20ClN3O3/c1-12-18(13(2)24(23-12)15-8-6-5-7-9-15)22-20(25)14-10-16(21)19(27-4)17(11-14)26-3/h5-11H,1-4H3,(H,22,25). The first-order valence-corrected chi connectivity index (χ1v) is 8.68. The zero-order chi connectivity index (χ0) is 19.6. The van der Waals surface area contributed by atoms with Gasteiger partial charge in [0, 0.05) is 5.56 Å². The van der Waals surface area contributed by atoms with Gasteiger partial charge >= 0.3 is 0 Å². The Morgan fingerprint density at radius 3 is 2.44 bits per heavy atom. The number of amides is 1. The number of halogens is 1. The maximum absolute atomic E-state index is 12.8. The molecule has 0 unspecified atom stereocenters. The van der Waals surface area contributed by atoms with Crippen LogP contribution >= 0.6 is 11.6 Å². The van der Waals surface area contributed by atoms with Crippen molar-refractivity contribution in [3.05, 3.63) is 64.4 Å². The highest BCUT2D eigenvalue weighted by molar-refractivity contribution is 6.32. The minimum Gasteiger partial charge on any atom is -0.493 e. The van der Waals surface area contributed by atoms with Crippen molar-refractivity contribution in [1.82, 2.24) is 9.78 Å². The van der Waals surface area contributed by atoms with E-state index in [0.717, 1.165) is 17.1 Å². The summed E-state index contributed by atoms with van der Waals surface area (Å²) in [5, 5.41) is 7.76. The number of carbonyl (C=O) groups is 1. The Morgan fingerprint density at radius 2 is 1.81 bits per heavy atom. The van der Waals surface area contributed by atoms with Gasteiger partial charge in [-0.15, -0.1) is 0 Å². The van der Waals surface area contributed by atoms with Crippen LogP contribution < -0.4 is 14.8 Å². The summed E-state index contributed by atoms with van der Waals surface area (Å²) >= 11 is 6.21. The SMILES string of the molecule is COc1cc(C(=O)Nc2c(C)nn(-c3ccccc3)c2C)cc(Cl)c1OC. The molecule has 1 aromatic heterocycles. The molecular weight excluding hydrogens is 366 g/mol. The monoisotopic (exact) mass is 385 g/mol. The molecule has 3 aromatic rings. The molecule has 0 atom stereocenters. The highest BCUT2D eigenvalue weighted by Crippen LogP contribution is 2.36. The lowest BCUT2D eigenvalue weighted by atomic mass is 10.1. The highest BCUT2D eigenvalue weighted by Gasteiger charge is 2.19. The number of ether oxygens (including phenoxy) is 2. The van der Waals surface area contributed by atoms with Crippen molar-refractivity contribution in [3.63, 3.8) is 0 Å². The van der Waals surface area contributed by atoms with E-state index >= 15 is 0 Å². The molecule has 1 amide bonds. The summed E-state index contributed by atoms with van der Waals surface area (Å²) in [4.78, 5) is 12.8. The molecule has 0 aliphatic carbocycles. The largest absolute Gasteiger partial charge is 0.493 e. The summed E-state index contributed by atoms with van der Waals surface area (Å²) in [6.45, 7) is 3.76. The van der Waals surface area contributed by atoms with Gasteiger partial charge in [0.1, 0.15) is 0 Å².